The van der Waals surface area contributed by atoms with Gasteiger partial charge in [-0.2, -0.15) is 4.98 Å². The van der Waals surface area contributed by atoms with Gasteiger partial charge in [-0.25, -0.2) is 0 Å². The highest BCUT2D eigenvalue weighted by Crippen LogP contribution is 2.27. The number of aryl methyl sites for hydroxylation is 1. The van der Waals surface area contributed by atoms with E-state index in [-0.39, 0.29) is 5.35 Å². The third-order valence-electron chi connectivity index (χ3n) is 2.11. The minimum absolute atomic E-state index is 0.199. The first-order chi connectivity index (χ1) is 7.20. The minimum atomic E-state index is 0.199. The molecule has 0 aliphatic heterocycles. The van der Waals surface area contributed by atoms with Gasteiger partial charge in [0.15, 0.2) is 0 Å². The van der Waals surface area contributed by atoms with Crippen molar-refractivity contribution in [2.75, 3.05) is 0 Å². The van der Waals surface area contributed by atoms with Crippen molar-refractivity contribution in [1.82, 2.24) is 4.98 Å². The largest absolute Gasteiger partial charge is 0.432 e. The molecule has 0 fully saturated rings. The highest BCUT2D eigenvalue weighted by molar-refractivity contribution is 9.10. The van der Waals surface area contributed by atoms with Gasteiger partial charge in [-0.3, -0.25) is 0 Å². The molecule has 1 aromatic heterocycles. The lowest BCUT2D eigenvalue weighted by Crippen LogP contribution is -1.83. The molecule has 15 heavy (non-hydrogen) atoms. The Balaban J connectivity index is 2.48. The molecule has 0 atom stereocenters. The molecule has 0 unspecified atom stereocenters. The highest BCUT2D eigenvalue weighted by Gasteiger charge is 2.11. The second kappa shape index (κ2) is 4.37. The summed E-state index contributed by atoms with van der Waals surface area (Å²) in [6.45, 7) is 2.01. The van der Waals surface area contributed by atoms with Crippen LogP contribution in [0.15, 0.2) is 33.2 Å². The van der Waals surface area contributed by atoms with Gasteiger partial charge in [0.1, 0.15) is 11.5 Å². The molecule has 4 heteroatoms. The van der Waals surface area contributed by atoms with Crippen LogP contribution in [-0.4, -0.2) is 4.98 Å². The van der Waals surface area contributed by atoms with Gasteiger partial charge in [-0.1, -0.05) is 35.0 Å². The Labute approximate surface area is 101 Å². The molecule has 0 N–H and O–H groups in total. The van der Waals surface area contributed by atoms with Crippen molar-refractivity contribution in [3.63, 3.8) is 0 Å². The zero-order valence-corrected chi connectivity index (χ0v) is 10.5. The number of rotatable bonds is 2. The van der Waals surface area contributed by atoms with E-state index in [1.165, 1.54) is 0 Å². The quantitative estimate of drug-likeness (QED) is 0.822. The van der Waals surface area contributed by atoms with Crippen LogP contribution in [0.5, 0.6) is 0 Å². The smallest absolute Gasteiger partial charge is 0.292 e. The van der Waals surface area contributed by atoms with E-state index >= 15 is 0 Å². The maximum absolute atomic E-state index is 5.74. The summed E-state index contributed by atoms with van der Waals surface area (Å²) in [5.74, 6) is 0.822. The lowest BCUT2D eigenvalue weighted by molar-refractivity contribution is 0.513. The summed E-state index contributed by atoms with van der Waals surface area (Å²) in [5.41, 5.74) is 1.85. The van der Waals surface area contributed by atoms with Crippen molar-refractivity contribution < 1.29 is 4.42 Å². The average Bonchev–Trinajstić information content (AvgIpc) is 2.61. The van der Waals surface area contributed by atoms with Gasteiger partial charge in [-0.15, -0.1) is 0 Å². The van der Waals surface area contributed by atoms with E-state index in [1.807, 2.05) is 31.2 Å². The van der Waals surface area contributed by atoms with Crippen molar-refractivity contribution in [2.24, 2.45) is 0 Å². The zero-order valence-electron chi connectivity index (χ0n) is 8.13. The van der Waals surface area contributed by atoms with E-state index in [2.05, 4.69) is 20.9 Å². The van der Waals surface area contributed by atoms with E-state index in [0.29, 0.717) is 0 Å². The van der Waals surface area contributed by atoms with Crippen LogP contribution in [0.4, 0.5) is 0 Å². The van der Waals surface area contributed by atoms with Gasteiger partial charge in [-0.05, 0) is 23.7 Å². The first-order valence-corrected chi connectivity index (χ1v) is 5.79. The summed E-state index contributed by atoms with van der Waals surface area (Å²) in [5, 5.41) is 0.199. The Morgan fingerprint density at radius 1 is 1.33 bits per heavy atom. The number of oxazole rings is 1. The predicted molar refractivity (Wildman–Crippen MR) is 64.0 cm³/mol. The van der Waals surface area contributed by atoms with Crippen LogP contribution in [0.1, 0.15) is 12.7 Å². The number of nitrogens with zero attached hydrogens (tertiary/aromatic N) is 1. The molecule has 0 saturated heterocycles. The van der Waals surface area contributed by atoms with Crippen LogP contribution in [0.25, 0.3) is 11.3 Å². The molecule has 0 saturated carbocycles. The molecule has 78 valence electrons. The van der Waals surface area contributed by atoms with Crippen molar-refractivity contribution in [3.8, 4) is 11.3 Å². The van der Waals surface area contributed by atoms with E-state index in [0.717, 1.165) is 27.9 Å². The first kappa shape index (κ1) is 10.7. The summed E-state index contributed by atoms with van der Waals surface area (Å²) in [6.07, 6.45) is 0.783. The monoisotopic (exact) mass is 285 g/mol. The molecule has 0 aliphatic carbocycles. The fraction of sp³-hybridized carbons (Fsp3) is 0.182. The molecule has 2 rings (SSSR count). The molecular weight excluding hydrogens is 277 g/mol. The third kappa shape index (κ3) is 2.24. The van der Waals surface area contributed by atoms with Crippen LogP contribution in [0.3, 0.4) is 0 Å². The maximum Gasteiger partial charge on any atom is 0.292 e. The van der Waals surface area contributed by atoms with Crippen LogP contribution in [-0.2, 0) is 6.42 Å². The maximum atomic E-state index is 5.74. The Bertz CT molecular complexity index is 464. The van der Waals surface area contributed by atoms with E-state index in [4.69, 9.17) is 16.0 Å². The van der Waals surface area contributed by atoms with Crippen molar-refractivity contribution >= 4 is 27.5 Å². The summed E-state index contributed by atoms with van der Waals surface area (Å²) in [4.78, 5) is 4.16. The third-order valence-corrected chi connectivity index (χ3v) is 2.80. The first-order valence-electron chi connectivity index (χ1n) is 4.62. The fourth-order valence-electron chi connectivity index (χ4n) is 1.40. The lowest BCUT2D eigenvalue weighted by atomic mass is 10.1. The van der Waals surface area contributed by atoms with Gasteiger partial charge in [0.25, 0.3) is 5.35 Å². The molecule has 1 heterocycles. The van der Waals surface area contributed by atoms with E-state index in [9.17, 15) is 0 Å². The van der Waals surface area contributed by atoms with E-state index < -0.39 is 0 Å². The van der Waals surface area contributed by atoms with Gasteiger partial charge in [0, 0.05) is 16.5 Å². The molecule has 1 aromatic carbocycles. The minimum Gasteiger partial charge on any atom is -0.432 e. The zero-order chi connectivity index (χ0) is 10.8. The summed E-state index contributed by atoms with van der Waals surface area (Å²) < 4.78 is 6.33. The average molecular weight is 287 g/mol. The Morgan fingerprint density at radius 2 is 2.00 bits per heavy atom. The van der Waals surface area contributed by atoms with Gasteiger partial charge in [0.2, 0.25) is 0 Å². The Morgan fingerprint density at radius 3 is 2.60 bits per heavy atom. The van der Waals surface area contributed by atoms with Gasteiger partial charge >= 0.3 is 0 Å². The van der Waals surface area contributed by atoms with Crippen molar-refractivity contribution in [3.05, 3.63) is 39.8 Å². The highest BCUT2D eigenvalue weighted by atomic mass is 79.9. The number of halogens is 2. The molecule has 0 spiro atoms. The molecule has 0 amide bonds. The number of benzene rings is 1. The molecule has 0 aliphatic rings. The Hall–Kier alpha value is -0.800. The molecular formula is C11H9BrClNO. The molecule has 2 aromatic rings. The van der Waals surface area contributed by atoms with Crippen LogP contribution >= 0.6 is 27.5 Å². The van der Waals surface area contributed by atoms with E-state index in [1.54, 1.807) is 0 Å². The summed E-state index contributed by atoms with van der Waals surface area (Å²) >= 11 is 9.13. The molecule has 2 nitrogen and oxygen atoms in total. The van der Waals surface area contributed by atoms with Gasteiger partial charge < -0.3 is 4.42 Å². The summed E-state index contributed by atoms with van der Waals surface area (Å²) in [7, 11) is 0. The fourth-order valence-corrected chi connectivity index (χ4v) is 1.84. The van der Waals surface area contributed by atoms with Crippen LogP contribution < -0.4 is 0 Å². The van der Waals surface area contributed by atoms with Crippen LogP contribution in [0.2, 0.25) is 5.35 Å². The lowest BCUT2D eigenvalue weighted by Gasteiger charge is -1.98. The standard InChI is InChI=1S/C11H9BrClNO/c1-2-9-10(14-11(13)15-9)7-3-5-8(12)6-4-7/h3-6H,2H2,1H3. The second-order valence-corrected chi connectivity index (χ2v) is 4.34. The topological polar surface area (TPSA) is 26.0 Å². The molecule has 0 radical (unpaired) electrons. The van der Waals surface area contributed by atoms with Gasteiger partial charge in [0.05, 0.1) is 0 Å². The van der Waals surface area contributed by atoms with Crippen molar-refractivity contribution in [2.45, 2.75) is 13.3 Å². The predicted octanol–water partition coefficient (Wildman–Crippen LogP) is 4.32. The number of hydrogen-bond acceptors (Lipinski definition) is 2. The molecule has 0 bridgehead atoms. The normalized spacial score (nSPS) is 10.6. The number of hydrogen-bond donors (Lipinski definition) is 0. The van der Waals surface area contributed by atoms with Crippen molar-refractivity contribution in [1.29, 1.82) is 0 Å². The van der Waals surface area contributed by atoms with Crippen LogP contribution in [0, 0.1) is 0 Å². The Kier molecular flexibility index (Phi) is 3.12. The second-order valence-electron chi connectivity index (χ2n) is 3.10. The number of aromatic nitrogens is 1. The summed E-state index contributed by atoms with van der Waals surface area (Å²) in [6, 6.07) is 7.91. The SMILES string of the molecule is CCc1oc(Cl)nc1-c1ccc(Br)cc1.